The van der Waals surface area contributed by atoms with E-state index < -0.39 is 35.4 Å². The normalized spacial score (nSPS) is 12.9. The Hall–Kier alpha value is -4.24. The van der Waals surface area contributed by atoms with Crippen LogP contribution in [0.25, 0.3) is 11.1 Å². The second-order valence-electron chi connectivity index (χ2n) is 7.94. The Bertz CT molecular complexity index is 1230. The fraction of sp³-hybridized carbons (Fsp3) is 0.192. The van der Waals surface area contributed by atoms with Crippen molar-refractivity contribution in [1.29, 1.82) is 0 Å². The highest BCUT2D eigenvalue weighted by molar-refractivity contribution is 5.98. The first-order valence-corrected chi connectivity index (χ1v) is 10.8. The molecule has 0 unspecified atom stereocenters. The third-order valence-electron chi connectivity index (χ3n) is 5.77. The number of fused-ring (bicyclic) bond motifs is 3. The maximum atomic E-state index is 14.4. The summed E-state index contributed by atoms with van der Waals surface area (Å²) >= 11 is 0. The van der Waals surface area contributed by atoms with E-state index in [1.165, 1.54) is 19.2 Å². The predicted molar refractivity (Wildman–Crippen MR) is 126 cm³/mol. The highest BCUT2D eigenvalue weighted by Crippen LogP contribution is 2.44. The van der Waals surface area contributed by atoms with Gasteiger partial charge in [-0.3, -0.25) is 4.79 Å². The Morgan fingerprint density at radius 2 is 1.60 bits per heavy atom. The quantitative estimate of drug-likeness (QED) is 0.451. The van der Waals surface area contributed by atoms with Crippen LogP contribution in [0.1, 0.15) is 27.4 Å². The van der Waals surface area contributed by atoms with Gasteiger partial charge in [0.2, 0.25) is 5.91 Å². The lowest BCUT2D eigenvalue weighted by Gasteiger charge is -2.19. The lowest BCUT2D eigenvalue weighted by atomic mass is 9.98. The van der Waals surface area contributed by atoms with Crippen molar-refractivity contribution in [2.75, 3.05) is 25.6 Å². The molecule has 3 aromatic rings. The minimum atomic E-state index is -1.47. The number of carboxylic acid groups (broad SMARTS) is 1. The summed E-state index contributed by atoms with van der Waals surface area (Å²) in [4.78, 5) is 36.4. The molecule has 0 spiro atoms. The number of carbonyl (C=O) groups excluding carboxylic acids is 2. The monoisotopic (exact) mass is 478 g/mol. The molecule has 3 aromatic carbocycles. The van der Waals surface area contributed by atoms with Gasteiger partial charge in [-0.15, -0.1) is 0 Å². The van der Waals surface area contributed by atoms with E-state index in [2.05, 4.69) is 10.6 Å². The number of benzene rings is 3. The number of halogens is 1. The number of anilines is 1. The molecule has 2 amide bonds. The van der Waals surface area contributed by atoms with Crippen molar-refractivity contribution in [3.63, 3.8) is 0 Å². The maximum Gasteiger partial charge on any atom is 0.407 e. The van der Waals surface area contributed by atoms with Gasteiger partial charge in [0.05, 0.1) is 17.9 Å². The summed E-state index contributed by atoms with van der Waals surface area (Å²) in [6.45, 7) is -0.160. The van der Waals surface area contributed by atoms with E-state index in [0.29, 0.717) is 0 Å². The van der Waals surface area contributed by atoms with E-state index in [4.69, 9.17) is 14.6 Å². The number of aromatic carboxylic acids is 1. The molecule has 180 valence electrons. The molecule has 0 bridgehead atoms. The molecule has 0 aromatic heterocycles. The second-order valence-corrected chi connectivity index (χ2v) is 7.94. The molecule has 3 N–H and O–H groups in total. The van der Waals surface area contributed by atoms with Crippen LogP contribution in [-0.2, 0) is 14.3 Å². The molecule has 1 atom stereocenters. The Balaban J connectivity index is 1.42. The van der Waals surface area contributed by atoms with Gasteiger partial charge in [-0.2, -0.15) is 0 Å². The van der Waals surface area contributed by atoms with Gasteiger partial charge >= 0.3 is 12.1 Å². The van der Waals surface area contributed by atoms with Crippen LogP contribution in [0.5, 0.6) is 0 Å². The van der Waals surface area contributed by atoms with Crippen LogP contribution in [-0.4, -0.2) is 49.4 Å². The van der Waals surface area contributed by atoms with Crippen LogP contribution in [0.3, 0.4) is 0 Å². The smallest absolute Gasteiger partial charge is 0.407 e. The molecule has 0 fully saturated rings. The maximum absolute atomic E-state index is 14.4. The van der Waals surface area contributed by atoms with Gasteiger partial charge in [0.1, 0.15) is 12.6 Å². The number of rotatable bonds is 8. The number of alkyl carbamates (subject to hydrolysis) is 1. The van der Waals surface area contributed by atoms with E-state index in [9.17, 15) is 18.8 Å². The van der Waals surface area contributed by atoms with Crippen molar-refractivity contribution in [2.45, 2.75) is 12.0 Å². The topological polar surface area (TPSA) is 114 Å². The van der Waals surface area contributed by atoms with Gasteiger partial charge in [-0.1, -0.05) is 54.6 Å². The van der Waals surface area contributed by atoms with E-state index in [0.717, 1.165) is 28.3 Å². The van der Waals surface area contributed by atoms with E-state index in [1.54, 1.807) is 0 Å². The molecule has 0 saturated heterocycles. The minimum absolute atomic E-state index is 0.0520. The molecule has 9 heteroatoms. The van der Waals surface area contributed by atoms with Crippen LogP contribution in [0.15, 0.2) is 66.7 Å². The number of hydrogen-bond donors (Lipinski definition) is 3. The number of nitrogens with one attached hydrogen (secondary N) is 2. The van der Waals surface area contributed by atoms with Crippen LogP contribution >= 0.6 is 0 Å². The zero-order valence-corrected chi connectivity index (χ0v) is 18.8. The van der Waals surface area contributed by atoms with Crippen LogP contribution < -0.4 is 10.6 Å². The Labute approximate surface area is 200 Å². The standard InChI is InChI=1S/C26H23FN2O6/c1-34-14-22(24(30)28-21-12-6-11-19(23(21)27)25(31)32)29-26(33)35-13-20-17-9-4-2-7-15(17)16-8-3-5-10-18(16)20/h2-12,20,22H,13-14H2,1H3,(H,28,30)(H,29,33)(H,31,32)/t22-/m0/s1. The van der Waals surface area contributed by atoms with Crippen LogP contribution in [0.2, 0.25) is 0 Å². The fourth-order valence-corrected chi connectivity index (χ4v) is 4.15. The van der Waals surface area contributed by atoms with Gasteiger partial charge in [0.25, 0.3) is 0 Å². The lowest BCUT2D eigenvalue weighted by Crippen LogP contribution is -2.47. The van der Waals surface area contributed by atoms with Crippen molar-refractivity contribution in [1.82, 2.24) is 5.32 Å². The van der Waals surface area contributed by atoms with Crippen molar-refractivity contribution in [2.24, 2.45) is 0 Å². The third-order valence-corrected chi connectivity index (χ3v) is 5.77. The molecule has 1 aliphatic rings. The molecule has 0 heterocycles. The first-order valence-electron chi connectivity index (χ1n) is 10.8. The molecular weight excluding hydrogens is 455 g/mol. The lowest BCUT2D eigenvalue weighted by molar-refractivity contribution is -0.119. The minimum Gasteiger partial charge on any atom is -0.478 e. The van der Waals surface area contributed by atoms with Crippen molar-refractivity contribution < 1.29 is 33.4 Å². The molecule has 4 rings (SSSR count). The summed E-state index contributed by atoms with van der Waals surface area (Å²) in [6, 6.07) is 18.2. The molecular formula is C26H23FN2O6. The molecule has 1 aliphatic carbocycles. The summed E-state index contributed by atoms with van der Waals surface area (Å²) in [6.07, 6.45) is -0.844. The summed E-state index contributed by atoms with van der Waals surface area (Å²) in [7, 11) is 1.34. The Morgan fingerprint density at radius 3 is 2.20 bits per heavy atom. The molecule has 8 nitrogen and oxygen atoms in total. The van der Waals surface area contributed by atoms with Crippen LogP contribution in [0, 0.1) is 5.82 Å². The zero-order chi connectivity index (χ0) is 24.9. The molecule has 35 heavy (non-hydrogen) atoms. The Kier molecular flexibility index (Phi) is 7.07. The first-order chi connectivity index (χ1) is 16.9. The molecule has 0 aliphatic heterocycles. The molecule has 0 saturated carbocycles. The summed E-state index contributed by atoms with van der Waals surface area (Å²) in [5.74, 6) is -3.51. The van der Waals surface area contributed by atoms with Crippen molar-refractivity contribution in [3.8, 4) is 11.1 Å². The van der Waals surface area contributed by atoms with Crippen molar-refractivity contribution >= 4 is 23.7 Å². The number of methoxy groups -OCH3 is 1. The average Bonchev–Trinajstić information content (AvgIpc) is 3.17. The van der Waals surface area contributed by atoms with Gasteiger partial charge in [-0.25, -0.2) is 14.0 Å². The first kappa shape index (κ1) is 23.9. The SMILES string of the molecule is COC[C@H](NC(=O)OCC1c2ccccc2-c2ccccc21)C(=O)Nc1cccc(C(=O)O)c1F. The Morgan fingerprint density at radius 1 is 0.971 bits per heavy atom. The average molecular weight is 478 g/mol. The predicted octanol–water partition coefficient (Wildman–Crippen LogP) is 4.02. The number of hydrogen-bond acceptors (Lipinski definition) is 5. The number of amides is 2. The summed E-state index contributed by atoms with van der Waals surface area (Å²) in [5.41, 5.74) is 3.34. The van der Waals surface area contributed by atoms with E-state index in [-0.39, 0.29) is 24.8 Å². The highest BCUT2D eigenvalue weighted by Gasteiger charge is 2.30. The zero-order valence-electron chi connectivity index (χ0n) is 18.8. The van der Waals surface area contributed by atoms with Gasteiger partial charge in [-0.05, 0) is 34.4 Å². The second kappa shape index (κ2) is 10.4. The number of ether oxygens (including phenoxy) is 2. The number of carboxylic acids is 1. The van der Waals surface area contributed by atoms with Gasteiger partial charge < -0.3 is 25.2 Å². The highest BCUT2D eigenvalue weighted by atomic mass is 19.1. The van der Waals surface area contributed by atoms with Gasteiger partial charge in [0, 0.05) is 13.0 Å². The number of carbonyl (C=O) groups is 3. The van der Waals surface area contributed by atoms with Gasteiger partial charge in [0.15, 0.2) is 5.82 Å². The summed E-state index contributed by atoms with van der Waals surface area (Å²) < 4.78 is 24.9. The van der Waals surface area contributed by atoms with E-state index in [1.807, 2.05) is 48.5 Å². The fourth-order valence-electron chi connectivity index (χ4n) is 4.15. The van der Waals surface area contributed by atoms with Crippen LogP contribution in [0.4, 0.5) is 14.9 Å². The third kappa shape index (κ3) is 4.99. The summed E-state index contributed by atoms with van der Waals surface area (Å²) in [5, 5.41) is 13.8. The van der Waals surface area contributed by atoms with E-state index >= 15 is 0 Å². The molecule has 0 radical (unpaired) electrons. The largest absolute Gasteiger partial charge is 0.478 e. The van der Waals surface area contributed by atoms with Crippen molar-refractivity contribution in [3.05, 3.63) is 89.2 Å².